The van der Waals surface area contributed by atoms with Gasteiger partial charge in [0.1, 0.15) is 5.75 Å². The first-order valence-corrected chi connectivity index (χ1v) is 7.85. The smallest absolute Gasteiger partial charge is 0.310 e. The SMILES string of the molecule is CCOC(=O)[C@H]1CCCN(C(=O)c2ccccc2OCC)C1. The van der Waals surface area contributed by atoms with Crippen LogP contribution >= 0.6 is 0 Å². The number of piperidine rings is 1. The Morgan fingerprint density at radius 2 is 2.00 bits per heavy atom. The maximum Gasteiger partial charge on any atom is 0.310 e. The summed E-state index contributed by atoms with van der Waals surface area (Å²) in [7, 11) is 0. The quantitative estimate of drug-likeness (QED) is 0.784. The fourth-order valence-electron chi connectivity index (χ4n) is 2.71. The fourth-order valence-corrected chi connectivity index (χ4v) is 2.71. The Hall–Kier alpha value is -2.04. The molecule has 0 aliphatic carbocycles. The van der Waals surface area contributed by atoms with E-state index in [1.165, 1.54) is 0 Å². The number of likely N-dealkylation sites (tertiary alicyclic amines) is 1. The number of esters is 1. The van der Waals surface area contributed by atoms with Gasteiger partial charge in [-0.1, -0.05) is 12.1 Å². The van der Waals surface area contributed by atoms with Crippen LogP contribution in [0.2, 0.25) is 0 Å². The van der Waals surface area contributed by atoms with E-state index in [1.807, 2.05) is 19.1 Å². The number of para-hydroxylation sites is 1. The van der Waals surface area contributed by atoms with Gasteiger partial charge in [-0.05, 0) is 38.8 Å². The lowest BCUT2D eigenvalue weighted by Gasteiger charge is -2.31. The molecule has 0 radical (unpaired) electrons. The molecule has 1 aliphatic heterocycles. The molecule has 1 aromatic carbocycles. The summed E-state index contributed by atoms with van der Waals surface area (Å²) >= 11 is 0. The normalized spacial score (nSPS) is 17.9. The van der Waals surface area contributed by atoms with E-state index in [2.05, 4.69) is 0 Å². The van der Waals surface area contributed by atoms with Crippen LogP contribution in [-0.2, 0) is 9.53 Å². The van der Waals surface area contributed by atoms with E-state index in [9.17, 15) is 9.59 Å². The van der Waals surface area contributed by atoms with Crippen molar-refractivity contribution in [2.45, 2.75) is 26.7 Å². The molecule has 1 amide bonds. The maximum atomic E-state index is 12.7. The van der Waals surface area contributed by atoms with E-state index in [1.54, 1.807) is 24.0 Å². The van der Waals surface area contributed by atoms with Gasteiger partial charge in [-0.3, -0.25) is 9.59 Å². The summed E-state index contributed by atoms with van der Waals surface area (Å²) in [4.78, 5) is 26.3. The first-order chi connectivity index (χ1) is 10.7. The van der Waals surface area contributed by atoms with Gasteiger partial charge in [0.15, 0.2) is 0 Å². The van der Waals surface area contributed by atoms with Gasteiger partial charge < -0.3 is 14.4 Å². The Kier molecular flexibility index (Phi) is 5.81. The largest absolute Gasteiger partial charge is 0.493 e. The minimum absolute atomic E-state index is 0.0851. The first kappa shape index (κ1) is 16.3. The van der Waals surface area contributed by atoms with Gasteiger partial charge in [0, 0.05) is 13.1 Å². The molecule has 1 aliphatic rings. The van der Waals surface area contributed by atoms with Gasteiger partial charge in [0.25, 0.3) is 5.91 Å². The van der Waals surface area contributed by atoms with E-state index in [-0.39, 0.29) is 17.8 Å². The second-order valence-corrected chi connectivity index (χ2v) is 5.27. The zero-order valence-corrected chi connectivity index (χ0v) is 13.2. The van der Waals surface area contributed by atoms with Gasteiger partial charge >= 0.3 is 5.97 Å². The molecule has 1 saturated heterocycles. The average Bonchev–Trinajstić information content (AvgIpc) is 2.55. The van der Waals surface area contributed by atoms with Crippen LogP contribution in [0.5, 0.6) is 5.75 Å². The number of ether oxygens (including phenoxy) is 2. The molecule has 1 atom stereocenters. The standard InChI is InChI=1S/C17H23NO4/c1-3-21-15-10-6-5-9-14(15)16(19)18-11-7-8-13(12-18)17(20)22-4-2/h5-6,9-10,13H,3-4,7-8,11-12H2,1-2H3/t13-/m0/s1. The molecule has 1 aromatic rings. The summed E-state index contributed by atoms with van der Waals surface area (Å²) in [6, 6.07) is 7.23. The lowest BCUT2D eigenvalue weighted by Crippen LogP contribution is -2.42. The summed E-state index contributed by atoms with van der Waals surface area (Å²) in [6.07, 6.45) is 1.59. The zero-order chi connectivity index (χ0) is 15.9. The molecular weight excluding hydrogens is 282 g/mol. The van der Waals surface area contributed by atoms with Crippen molar-refractivity contribution in [3.63, 3.8) is 0 Å². The first-order valence-electron chi connectivity index (χ1n) is 7.85. The van der Waals surface area contributed by atoms with Crippen LogP contribution < -0.4 is 4.74 Å². The van der Waals surface area contributed by atoms with Crippen molar-refractivity contribution in [2.75, 3.05) is 26.3 Å². The van der Waals surface area contributed by atoms with Crippen LogP contribution in [0.15, 0.2) is 24.3 Å². The molecule has 0 aromatic heterocycles. The number of amides is 1. The van der Waals surface area contributed by atoms with Gasteiger partial charge in [-0.15, -0.1) is 0 Å². The van der Waals surface area contributed by atoms with E-state index in [0.717, 1.165) is 12.8 Å². The Morgan fingerprint density at radius 3 is 2.73 bits per heavy atom. The number of hydrogen-bond acceptors (Lipinski definition) is 4. The minimum atomic E-state index is -0.225. The molecule has 1 fully saturated rings. The number of carbonyl (C=O) groups excluding carboxylic acids is 2. The monoisotopic (exact) mass is 305 g/mol. The summed E-state index contributed by atoms with van der Waals surface area (Å²) < 4.78 is 10.6. The van der Waals surface area contributed by atoms with Crippen LogP contribution in [0.1, 0.15) is 37.0 Å². The van der Waals surface area contributed by atoms with Crippen LogP contribution in [0.3, 0.4) is 0 Å². The van der Waals surface area contributed by atoms with Crippen molar-refractivity contribution >= 4 is 11.9 Å². The molecule has 0 saturated carbocycles. The predicted molar refractivity (Wildman–Crippen MR) is 82.9 cm³/mol. The molecule has 5 heteroatoms. The second kappa shape index (κ2) is 7.82. The average molecular weight is 305 g/mol. The van der Waals surface area contributed by atoms with Crippen molar-refractivity contribution in [1.29, 1.82) is 0 Å². The van der Waals surface area contributed by atoms with Crippen molar-refractivity contribution in [3.05, 3.63) is 29.8 Å². The summed E-state index contributed by atoms with van der Waals surface area (Å²) in [6.45, 7) is 5.64. The van der Waals surface area contributed by atoms with Crippen molar-refractivity contribution < 1.29 is 19.1 Å². The third-order valence-electron chi connectivity index (χ3n) is 3.75. The highest BCUT2D eigenvalue weighted by Gasteiger charge is 2.30. The number of carbonyl (C=O) groups is 2. The fraction of sp³-hybridized carbons (Fsp3) is 0.529. The van der Waals surface area contributed by atoms with Crippen LogP contribution in [-0.4, -0.2) is 43.1 Å². The molecule has 0 spiro atoms. The Bertz CT molecular complexity index is 529. The minimum Gasteiger partial charge on any atom is -0.493 e. The Morgan fingerprint density at radius 1 is 1.23 bits per heavy atom. The van der Waals surface area contributed by atoms with E-state index >= 15 is 0 Å². The summed E-state index contributed by atoms with van der Waals surface area (Å²) in [5.41, 5.74) is 0.550. The second-order valence-electron chi connectivity index (χ2n) is 5.27. The maximum absolute atomic E-state index is 12.7. The highest BCUT2D eigenvalue weighted by molar-refractivity contribution is 5.97. The molecule has 0 unspecified atom stereocenters. The van der Waals surface area contributed by atoms with Gasteiger partial charge in [0.05, 0.1) is 24.7 Å². The lowest BCUT2D eigenvalue weighted by atomic mass is 9.97. The molecule has 120 valence electrons. The van der Waals surface area contributed by atoms with Crippen LogP contribution in [0, 0.1) is 5.92 Å². The summed E-state index contributed by atoms with van der Waals surface area (Å²) in [5, 5.41) is 0. The Balaban J connectivity index is 2.10. The topological polar surface area (TPSA) is 55.8 Å². The van der Waals surface area contributed by atoms with E-state index < -0.39 is 0 Å². The van der Waals surface area contributed by atoms with Crippen molar-refractivity contribution in [2.24, 2.45) is 5.92 Å². The highest BCUT2D eigenvalue weighted by atomic mass is 16.5. The molecule has 2 rings (SSSR count). The highest BCUT2D eigenvalue weighted by Crippen LogP contribution is 2.24. The number of nitrogens with zero attached hydrogens (tertiary/aromatic N) is 1. The van der Waals surface area contributed by atoms with Crippen LogP contribution in [0.25, 0.3) is 0 Å². The number of hydrogen-bond donors (Lipinski definition) is 0. The van der Waals surface area contributed by atoms with Gasteiger partial charge in [-0.2, -0.15) is 0 Å². The Labute approximate surface area is 131 Å². The predicted octanol–water partition coefficient (Wildman–Crippen LogP) is 2.50. The molecule has 0 N–H and O–H groups in total. The molecule has 5 nitrogen and oxygen atoms in total. The van der Waals surface area contributed by atoms with Gasteiger partial charge in [0.2, 0.25) is 0 Å². The van der Waals surface area contributed by atoms with E-state index in [4.69, 9.17) is 9.47 Å². The van der Waals surface area contributed by atoms with Crippen LogP contribution in [0.4, 0.5) is 0 Å². The molecule has 0 bridgehead atoms. The van der Waals surface area contributed by atoms with E-state index in [0.29, 0.717) is 37.6 Å². The molecule has 22 heavy (non-hydrogen) atoms. The number of benzene rings is 1. The molecular formula is C17H23NO4. The number of rotatable bonds is 5. The zero-order valence-electron chi connectivity index (χ0n) is 13.2. The third kappa shape index (κ3) is 3.78. The van der Waals surface area contributed by atoms with Gasteiger partial charge in [-0.25, -0.2) is 0 Å². The van der Waals surface area contributed by atoms with Crippen molar-refractivity contribution in [3.8, 4) is 5.75 Å². The molecule has 1 heterocycles. The lowest BCUT2D eigenvalue weighted by molar-refractivity contribution is -0.149. The summed E-state index contributed by atoms with van der Waals surface area (Å²) in [5.74, 6) is 0.0707. The van der Waals surface area contributed by atoms with Crippen molar-refractivity contribution in [1.82, 2.24) is 4.90 Å². The third-order valence-corrected chi connectivity index (χ3v) is 3.75.